The number of terminal acetylenes is 1. The van der Waals surface area contributed by atoms with E-state index in [-0.39, 0.29) is 19.8 Å². The fourth-order valence-corrected chi connectivity index (χ4v) is 12.1. The molecular formula is C31H53N3O10Si. The molecule has 0 saturated carbocycles. The Bertz CT molecular complexity index is 1020. The van der Waals surface area contributed by atoms with Crippen LogP contribution >= 0.6 is 0 Å². The molecule has 0 radical (unpaired) electrons. The summed E-state index contributed by atoms with van der Waals surface area (Å²) in [5.41, 5.74) is 14.2. The molecule has 13 nitrogen and oxygen atoms in total. The van der Waals surface area contributed by atoms with Crippen LogP contribution in [0.25, 0.3) is 10.4 Å². The smallest absolute Gasteiger partial charge is 0.187 e. The monoisotopic (exact) mass is 655 g/mol. The maximum atomic E-state index is 10.2. The molecule has 0 aliphatic carbocycles. The van der Waals surface area contributed by atoms with Gasteiger partial charge in [0, 0.05) is 33.4 Å². The van der Waals surface area contributed by atoms with Gasteiger partial charge in [-0.25, -0.2) is 0 Å². The van der Waals surface area contributed by atoms with E-state index in [9.17, 15) is 5.11 Å². The highest BCUT2D eigenvalue weighted by atomic mass is 28.3. The highest BCUT2D eigenvalue weighted by Crippen LogP contribution is 2.40. The average Bonchev–Trinajstić information content (AvgIpc) is 3.01. The van der Waals surface area contributed by atoms with Gasteiger partial charge in [-0.1, -0.05) is 58.5 Å². The van der Waals surface area contributed by atoms with Crippen molar-refractivity contribution in [3.63, 3.8) is 0 Å². The van der Waals surface area contributed by atoms with E-state index in [1.807, 2.05) is 0 Å². The predicted octanol–water partition coefficient (Wildman–Crippen LogP) is 3.44. The number of nitrogens with zero attached hydrogens (tertiary/aromatic N) is 3. The highest BCUT2D eigenvalue weighted by Gasteiger charge is 2.53. The quantitative estimate of drug-likeness (QED) is 0.0654. The second-order valence-corrected chi connectivity index (χ2v) is 17.7. The third-order valence-electron chi connectivity index (χ3n) is 8.91. The molecule has 2 aliphatic rings. The number of hydrogen-bond donors (Lipinski definition) is 1. The zero-order valence-corrected chi connectivity index (χ0v) is 29.4. The zero-order chi connectivity index (χ0) is 33.7. The normalized spacial score (nSPS) is 32.2. The van der Waals surface area contributed by atoms with Crippen molar-refractivity contribution in [2.24, 2.45) is 5.11 Å². The van der Waals surface area contributed by atoms with Crippen LogP contribution in [0.1, 0.15) is 41.5 Å². The van der Waals surface area contributed by atoms with Crippen molar-refractivity contribution >= 4 is 8.07 Å². The van der Waals surface area contributed by atoms with Crippen molar-refractivity contribution in [1.29, 1.82) is 0 Å². The van der Waals surface area contributed by atoms with Crippen molar-refractivity contribution in [1.82, 2.24) is 0 Å². The van der Waals surface area contributed by atoms with Crippen molar-refractivity contribution in [3.05, 3.63) is 10.4 Å². The number of hydrogen-bond acceptors (Lipinski definition) is 11. The lowest BCUT2D eigenvalue weighted by Crippen LogP contribution is -2.65. The standard InChI is InChI=1S/C31H53N3O10Si/c1-12-14-41-24-23(18-40-15-13-16-45(19(2)3,20(4)5)21(6)7)43-31(29(39-11)26(24)36-8)44-25-22(17-35)42-30(33-34-32)28(38-10)27(25)37-9/h1,19-31,35H,14-15,17-18H2,2-11H3/t22-,23-,24-,25-,26+,27+,28-,29-,30+,31-/m1/s1. The first-order valence-electron chi connectivity index (χ1n) is 15.4. The van der Waals surface area contributed by atoms with Gasteiger partial charge in [-0.05, 0) is 22.2 Å². The number of ether oxygens (including phenoxy) is 9. The van der Waals surface area contributed by atoms with E-state index in [1.165, 1.54) is 28.4 Å². The first-order valence-corrected chi connectivity index (χ1v) is 17.6. The molecule has 2 aliphatic heterocycles. The molecule has 0 aromatic carbocycles. The van der Waals surface area contributed by atoms with Crippen LogP contribution in [-0.4, -0.2) is 129 Å². The molecule has 0 spiro atoms. The highest BCUT2D eigenvalue weighted by molar-refractivity contribution is 6.90. The lowest BCUT2D eigenvalue weighted by atomic mass is 9.96. The van der Waals surface area contributed by atoms with Gasteiger partial charge in [0.25, 0.3) is 0 Å². The topological polar surface area (TPSA) is 152 Å². The summed E-state index contributed by atoms with van der Waals surface area (Å²) in [5.74, 6) is 5.80. The van der Waals surface area contributed by atoms with Gasteiger partial charge in [-0.3, -0.25) is 0 Å². The van der Waals surface area contributed by atoms with Gasteiger partial charge in [0.1, 0.15) is 70.1 Å². The Morgan fingerprint density at radius 2 is 1.40 bits per heavy atom. The molecule has 2 fully saturated rings. The maximum Gasteiger partial charge on any atom is 0.187 e. The number of methoxy groups -OCH3 is 4. The Labute approximate surface area is 269 Å². The summed E-state index contributed by atoms with van der Waals surface area (Å²) in [7, 11) is 4.02. The first-order chi connectivity index (χ1) is 21.5. The maximum absolute atomic E-state index is 10.2. The van der Waals surface area contributed by atoms with Crippen molar-refractivity contribution in [2.45, 2.75) is 120 Å². The number of aliphatic hydroxyl groups excluding tert-OH is 1. The molecule has 0 aromatic heterocycles. The molecule has 0 bridgehead atoms. The van der Waals surface area contributed by atoms with Crippen molar-refractivity contribution in [2.75, 3.05) is 54.9 Å². The molecule has 1 N–H and O–H groups in total. The summed E-state index contributed by atoms with van der Waals surface area (Å²) in [6.07, 6.45) is -2.84. The lowest BCUT2D eigenvalue weighted by Gasteiger charge is -2.49. The fourth-order valence-electron chi connectivity index (χ4n) is 6.86. The van der Waals surface area contributed by atoms with Crippen LogP contribution in [0.2, 0.25) is 16.6 Å². The largest absolute Gasteiger partial charge is 0.394 e. The zero-order valence-electron chi connectivity index (χ0n) is 28.4. The van der Waals surface area contributed by atoms with Crippen LogP contribution in [-0.2, 0) is 42.6 Å². The summed E-state index contributed by atoms with van der Waals surface area (Å²) in [6.45, 7) is 13.5. The molecule has 0 unspecified atom stereocenters. The molecule has 0 aromatic rings. The third-order valence-corrected chi connectivity index (χ3v) is 15.3. The summed E-state index contributed by atoms with van der Waals surface area (Å²) in [6, 6.07) is 0. The summed E-state index contributed by atoms with van der Waals surface area (Å²) >= 11 is 0. The van der Waals surface area contributed by atoms with Gasteiger partial charge in [0.05, 0.1) is 13.2 Å². The molecule has 0 amide bonds. The predicted molar refractivity (Wildman–Crippen MR) is 170 cm³/mol. The molecule has 14 heteroatoms. The van der Waals surface area contributed by atoms with Crippen molar-refractivity contribution in [3.8, 4) is 23.8 Å². The Balaban J connectivity index is 2.35. The summed E-state index contributed by atoms with van der Waals surface area (Å²) in [4.78, 5) is 2.84. The van der Waals surface area contributed by atoms with E-state index >= 15 is 0 Å². The minimum atomic E-state index is -1.91. The summed E-state index contributed by atoms with van der Waals surface area (Å²) in [5, 5.41) is 13.9. The van der Waals surface area contributed by atoms with Crippen LogP contribution in [0.4, 0.5) is 0 Å². The Morgan fingerprint density at radius 3 is 1.89 bits per heavy atom. The van der Waals surface area contributed by atoms with Crippen LogP contribution in [0.5, 0.6) is 0 Å². The molecule has 2 rings (SSSR count). The van der Waals surface area contributed by atoms with Crippen LogP contribution in [0.15, 0.2) is 5.11 Å². The Hall–Kier alpha value is -1.75. The van der Waals surface area contributed by atoms with Crippen molar-refractivity contribution < 1.29 is 47.7 Å². The number of aliphatic hydroxyl groups is 1. The Kier molecular flexibility index (Phi) is 16.8. The Morgan fingerprint density at radius 1 is 0.822 bits per heavy atom. The third kappa shape index (κ3) is 9.20. The van der Waals surface area contributed by atoms with E-state index < -0.39 is 76.0 Å². The van der Waals surface area contributed by atoms with Gasteiger partial charge in [0.2, 0.25) is 0 Å². The van der Waals surface area contributed by atoms with Crippen LogP contribution < -0.4 is 0 Å². The number of azide groups is 1. The van der Waals surface area contributed by atoms with Gasteiger partial charge in [-0.15, -0.1) is 12.0 Å². The fraction of sp³-hybridized carbons (Fsp3) is 0.871. The van der Waals surface area contributed by atoms with E-state index in [0.29, 0.717) is 16.6 Å². The summed E-state index contributed by atoms with van der Waals surface area (Å²) < 4.78 is 53.7. The first kappa shape index (κ1) is 39.4. The van der Waals surface area contributed by atoms with E-state index in [2.05, 4.69) is 69.0 Å². The molecule has 10 atom stereocenters. The van der Waals surface area contributed by atoms with E-state index in [1.54, 1.807) is 0 Å². The minimum absolute atomic E-state index is 0.0164. The molecule has 45 heavy (non-hydrogen) atoms. The number of rotatable bonds is 16. The van der Waals surface area contributed by atoms with Gasteiger partial charge >= 0.3 is 0 Å². The lowest BCUT2D eigenvalue weighted by molar-refractivity contribution is -0.351. The minimum Gasteiger partial charge on any atom is -0.394 e. The molecular weight excluding hydrogens is 602 g/mol. The van der Waals surface area contributed by atoms with Crippen LogP contribution in [0, 0.1) is 23.8 Å². The van der Waals surface area contributed by atoms with Gasteiger partial charge in [-0.2, -0.15) is 0 Å². The molecule has 256 valence electrons. The average molecular weight is 656 g/mol. The molecule has 2 heterocycles. The van der Waals surface area contributed by atoms with E-state index in [0.717, 1.165) is 0 Å². The second kappa shape index (κ2) is 19.2. The van der Waals surface area contributed by atoms with E-state index in [4.69, 9.17) is 54.6 Å². The van der Waals surface area contributed by atoms with Crippen LogP contribution in [0.3, 0.4) is 0 Å². The van der Waals surface area contributed by atoms with Gasteiger partial charge < -0.3 is 47.7 Å². The SMILES string of the molecule is C#CCO[C@H]1[C@H](OC)[C@@H](OC)[C@@H](O[C@H]2[C@H](OC)[C@@H](OC)[C@@H](N=[N+]=[N-])O[C@@H]2CO)O[C@@H]1COCC#C[Si](C(C)C)(C(C)C)C(C)C. The second-order valence-electron chi connectivity index (χ2n) is 12.1. The molecule has 2 saturated heterocycles. The van der Waals surface area contributed by atoms with Gasteiger partial charge in [0.15, 0.2) is 12.5 Å².